The molecule has 2 N–H and O–H groups in total. The molecule has 0 bridgehead atoms. The average molecular weight is 309 g/mol. The minimum absolute atomic E-state index is 0.842. The second-order valence-electron chi connectivity index (χ2n) is 7.18. The maximum absolute atomic E-state index is 5.96. The van der Waals surface area contributed by atoms with Crippen molar-refractivity contribution in [2.75, 3.05) is 26.2 Å². The van der Waals surface area contributed by atoms with Gasteiger partial charge >= 0.3 is 0 Å². The van der Waals surface area contributed by atoms with E-state index in [1.165, 1.54) is 57.4 Å². The van der Waals surface area contributed by atoms with Gasteiger partial charge in [0.1, 0.15) is 32.7 Å². The maximum Gasteiger partial charge on any atom is 0.127 e. The van der Waals surface area contributed by atoms with Gasteiger partial charge in [-0.15, -0.1) is 0 Å². The summed E-state index contributed by atoms with van der Waals surface area (Å²) in [7, 11) is 0. The molecule has 1 saturated carbocycles. The minimum atomic E-state index is 0.842. The Morgan fingerprint density at radius 2 is 1.76 bits per heavy atom. The van der Waals surface area contributed by atoms with Gasteiger partial charge in [0.2, 0.25) is 0 Å². The lowest BCUT2D eigenvalue weighted by molar-refractivity contribution is -1.03. The summed E-state index contributed by atoms with van der Waals surface area (Å²) in [6.07, 6.45) is 5.84. The van der Waals surface area contributed by atoms with Crippen molar-refractivity contribution in [2.24, 2.45) is 5.92 Å². The van der Waals surface area contributed by atoms with Crippen LogP contribution in [0.3, 0.4) is 0 Å². The van der Waals surface area contributed by atoms with Gasteiger partial charge in [-0.25, -0.2) is 0 Å². The molecule has 2 nitrogen and oxygen atoms in total. The predicted molar refractivity (Wildman–Crippen MR) is 88.0 cm³/mol. The third-order valence-corrected chi connectivity index (χ3v) is 5.73. The van der Waals surface area contributed by atoms with Crippen molar-refractivity contribution in [2.45, 2.75) is 45.2 Å². The molecule has 1 heterocycles. The Bertz CT molecular complexity index is 437. The van der Waals surface area contributed by atoms with Crippen LogP contribution in [0.5, 0.6) is 0 Å². The Morgan fingerprint density at radius 3 is 2.43 bits per heavy atom. The summed E-state index contributed by atoms with van der Waals surface area (Å²) in [5, 5.41) is 0.842. The topological polar surface area (TPSA) is 8.88 Å². The largest absolute Gasteiger partial charge is 0.323 e. The van der Waals surface area contributed by atoms with Crippen LogP contribution < -0.4 is 9.80 Å². The molecule has 0 radical (unpaired) electrons. The summed E-state index contributed by atoms with van der Waals surface area (Å²) >= 11 is 5.96. The van der Waals surface area contributed by atoms with E-state index in [-0.39, 0.29) is 0 Å². The predicted octanol–water partition coefficient (Wildman–Crippen LogP) is 1.20. The molecule has 2 aliphatic rings. The van der Waals surface area contributed by atoms with Crippen LogP contribution in [0.2, 0.25) is 5.02 Å². The molecule has 1 aromatic carbocycles. The molecule has 21 heavy (non-hydrogen) atoms. The van der Waals surface area contributed by atoms with Crippen LogP contribution in [0.4, 0.5) is 0 Å². The van der Waals surface area contributed by atoms with Crippen molar-refractivity contribution >= 4 is 11.6 Å². The Labute approximate surface area is 134 Å². The van der Waals surface area contributed by atoms with Gasteiger partial charge in [-0.1, -0.05) is 37.1 Å². The lowest BCUT2D eigenvalue weighted by atomic mass is 9.86. The second-order valence-corrected chi connectivity index (χ2v) is 7.62. The fourth-order valence-electron chi connectivity index (χ4n) is 4.21. The fraction of sp³-hybridized carbons (Fsp3) is 0.667. The van der Waals surface area contributed by atoms with Crippen molar-refractivity contribution in [3.05, 3.63) is 34.9 Å². The first kappa shape index (κ1) is 15.3. The van der Waals surface area contributed by atoms with Crippen molar-refractivity contribution in [3.63, 3.8) is 0 Å². The standard InChI is InChI=1S/C18H27ClN2/c1-15-3-2-4-18(13-15)21-11-9-20(10-12-21)14-16-5-7-17(19)8-6-16/h5-8,15,18H,2-4,9-14H2,1H3/p+2/t15-,18+/m1/s1. The molecule has 0 amide bonds. The highest BCUT2D eigenvalue weighted by molar-refractivity contribution is 6.30. The number of hydrogen-bond acceptors (Lipinski definition) is 0. The molecule has 0 aromatic heterocycles. The van der Waals surface area contributed by atoms with Crippen LogP contribution in [0.15, 0.2) is 24.3 Å². The van der Waals surface area contributed by atoms with Gasteiger partial charge in [0.15, 0.2) is 0 Å². The normalized spacial score (nSPS) is 33.8. The van der Waals surface area contributed by atoms with Crippen LogP contribution in [0.25, 0.3) is 0 Å². The van der Waals surface area contributed by atoms with Gasteiger partial charge in [-0.05, 0) is 30.9 Å². The monoisotopic (exact) mass is 308 g/mol. The highest BCUT2D eigenvalue weighted by atomic mass is 35.5. The zero-order valence-electron chi connectivity index (χ0n) is 13.2. The summed E-state index contributed by atoms with van der Waals surface area (Å²) in [4.78, 5) is 3.63. The van der Waals surface area contributed by atoms with E-state index in [2.05, 4.69) is 19.1 Å². The Morgan fingerprint density at radius 1 is 1.05 bits per heavy atom. The summed E-state index contributed by atoms with van der Waals surface area (Å²) in [5.74, 6) is 0.954. The number of halogens is 1. The third-order valence-electron chi connectivity index (χ3n) is 5.48. The van der Waals surface area contributed by atoms with Gasteiger partial charge < -0.3 is 9.80 Å². The smallest absolute Gasteiger partial charge is 0.127 e. The minimum Gasteiger partial charge on any atom is -0.323 e. The van der Waals surface area contributed by atoms with E-state index in [0.717, 1.165) is 23.5 Å². The number of hydrogen-bond donors (Lipinski definition) is 2. The van der Waals surface area contributed by atoms with Gasteiger partial charge in [-0.2, -0.15) is 0 Å². The fourth-order valence-corrected chi connectivity index (χ4v) is 4.33. The molecule has 1 aromatic rings. The van der Waals surface area contributed by atoms with Crippen LogP contribution in [-0.2, 0) is 6.54 Å². The van der Waals surface area contributed by atoms with E-state index in [4.69, 9.17) is 11.6 Å². The molecule has 3 rings (SSSR count). The third kappa shape index (κ3) is 4.21. The first-order valence-electron chi connectivity index (χ1n) is 8.63. The van der Waals surface area contributed by atoms with Gasteiger partial charge in [0, 0.05) is 17.0 Å². The maximum atomic E-state index is 5.96. The lowest BCUT2D eigenvalue weighted by Crippen LogP contribution is -3.29. The van der Waals surface area contributed by atoms with Crippen LogP contribution in [-0.4, -0.2) is 32.2 Å². The summed E-state index contributed by atoms with van der Waals surface area (Å²) in [6, 6.07) is 9.34. The average Bonchev–Trinajstić information content (AvgIpc) is 2.50. The summed E-state index contributed by atoms with van der Waals surface area (Å²) in [6.45, 7) is 8.96. The molecule has 2 atom stereocenters. The number of quaternary nitrogens is 2. The number of rotatable bonds is 3. The zero-order chi connectivity index (χ0) is 14.7. The zero-order valence-corrected chi connectivity index (χ0v) is 14.0. The molecule has 116 valence electrons. The first-order valence-corrected chi connectivity index (χ1v) is 9.01. The van der Waals surface area contributed by atoms with Crippen LogP contribution in [0, 0.1) is 5.92 Å². The molecule has 3 heteroatoms. The molecule has 0 spiro atoms. The Kier molecular flexibility index (Phi) is 5.20. The molecule has 1 aliphatic carbocycles. The van der Waals surface area contributed by atoms with Crippen molar-refractivity contribution < 1.29 is 9.80 Å². The summed E-state index contributed by atoms with van der Waals surface area (Å²) < 4.78 is 0. The van der Waals surface area contributed by atoms with Gasteiger partial charge in [-0.3, -0.25) is 0 Å². The summed E-state index contributed by atoms with van der Waals surface area (Å²) in [5.41, 5.74) is 1.42. The number of piperazine rings is 1. The highest BCUT2D eigenvalue weighted by Gasteiger charge is 2.32. The van der Waals surface area contributed by atoms with E-state index in [9.17, 15) is 0 Å². The quantitative estimate of drug-likeness (QED) is 0.830. The molecule has 1 saturated heterocycles. The van der Waals surface area contributed by atoms with E-state index < -0.39 is 0 Å². The number of nitrogens with one attached hydrogen (secondary N) is 2. The van der Waals surface area contributed by atoms with Crippen molar-refractivity contribution in [3.8, 4) is 0 Å². The van der Waals surface area contributed by atoms with Crippen molar-refractivity contribution in [1.82, 2.24) is 0 Å². The van der Waals surface area contributed by atoms with E-state index in [1.807, 2.05) is 17.0 Å². The van der Waals surface area contributed by atoms with Crippen LogP contribution in [0.1, 0.15) is 38.2 Å². The van der Waals surface area contributed by atoms with Gasteiger partial charge in [0.05, 0.1) is 6.04 Å². The molecule has 2 fully saturated rings. The number of benzene rings is 1. The Balaban J connectivity index is 1.47. The van der Waals surface area contributed by atoms with Crippen molar-refractivity contribution in [1.29, 1.82) is 0 Å². The molecular formula is C18H29ClN2+2. The van der Waals surface area contributed by atoms with E-state index in [1.54, 1.807) is 4.90 Å². The first-order chi connectivity index (χ1) is 10.2. The molecule has 1 aliphatic heterocycles. The van der Waals surface area contributed by atoms with Gasteiger partial charge in [0.25, 0.3) is 0 Å². The van der Waals surface area contributed by atoms with E-state index >= 15 is 0 Å². The lowest BCUT2D eigenvalue weighted by Gasteiger charge is -2.37. The SMILES string of the molecule is C[C@@H]1CCC[C@H]([NH+]2CC[NH+](Cc3ccc(Cl)cc3)CC2)C1. The second kappa shape index (κ2) is 7.13. The Hall–Kier alpha value is -0.570. The molecule has 0 unspecified atom stereocenters. The van der Waals surface area contributed by atoms with Crippen LogP contribution >= 0.6 is 11.6 Å². The highest BCUT2D eigenvalue weighted by Crippen LogP contribution is 2.21. The van der Waals surface area contributed by atoms with E-state index in [0.29, 0.717) is 0 Å². The molecular weight excluding hydrogens is 280 g/mol.